The molecule has 52 valence electrons. The second-order valence-corrected chi connectivity index (χ2v) is 2.09. The fourth-order valence-electron chi connectivity index (χ4n) is 0.128. The van der Waals surface area contributed by atoms with Crippen molar-refractivity contribution >= 4 is 39.9 Å². The van der Waals surface area contributed by atoms with Gasteiger partial charge >= 0.3 is 39.9 Å². The Bertz CT molecular complexity index is 143. The molecule has 0 spiro atoms. The van der Waals surface area contributed by atoms with Crippen molar-refractivity contribution in [2.24, 2.45) is 0 Å². The number of hydrogen-bond acceptors (Lipinski definition) is 5. The fourth-order valence-corrected chi connectivity index (χ4v) is 0.385. The van der Waals surface area contributed by atoms with E-state index in [1.807, 2.05) is 5.48 Å². The van der Waals surface area contributed by atoms with Gasteiger partial charge in [0.25, 0.3) is 0 Å². The summed E-state index contributed by atoms with van der Waals surface area (Å²) in [5.74, 6) is 0. The Morgan fingerprint density at radius 2 is 2.00 bits per heavy atom. The van der Waals surface area contributed by atoms with Crippen LogP contribution < -0.4 is 10.4 Å². The Balaban J connectivity index is 0. The first-order chi connectivity index (χ1) is 3.62. The molecule has 0 aromatic carbocycles. The molecule has 0 saturated carbocycles. The first-order valence-corrected chi connectivity index (χ1v) is 3.04. The van der Waals surface area contributed by atoms with Gasteiger partial charge in [-0.15, -0.1) is 0 Å². The van der Waals surface area contributed by atoms with E-state index >= 15 is 0 Å². The van der Waals surface area contributed by atoms with Crippen LogP contribution in [0, 0.1) is 0 Å². The maximum absolute atomic E-state index is 9.95. The van der Waals surface area contributed by atoms with Crippen LogP contribution in [0.25, 0.3) is 0 Å². The molecule has 0 atom stereocenters. The summed E-state index contributed by atoms with van der Waals surface area (Å²) in [6.45, 7) is 0. The molecule has 0 unspecified atom stereocenters. The molecule has 6 nitrogen and oxygen atoms in total. The minimum absolute atomic E-state index is 0. The predicted octanol–water partition coefficient (Wildman–Crippen LogP) is -2.29. The minimum atomic E-state index is -3.98. The zero-order valence-corrected chi connectivity index (χ0v) is 4.90. The van der Waals surface area contributed by atoms with Gasteiger partial charge in [0.05, 0.1) is 0 Å². The maximum atomic E-state index is 9.95. The van der Waals surface area contributed by atoms with Crippen LogP contribution in [0.2, 0.25) is 0 Å². The Kier molecular flexibility index (Phi) is 7.71. The molecule has 0 radical (unpaired) electrons. The van der Waals surface area contributed by atoms with Gasteiger partial charge in [-0.05, 0) is 0 Å². The normalized spacial score (nSPS) is 10.4. The summed E-state index contributed by atoms with van der Waals surface area (Å²) in [4.78, 5) is 0.930. The van der Waals surface area contributed by atoms with Crippen molar-refractivity contribution in [2.75, 3.05) is 7.05 Å². The summed E-state index contributed by atoms with van der Waals surface area (Å²) in [5, 5.41) is 7.72. The first kappa shape index (κ1) is 12.5. The number of nitrogens with one attached hydrogen (secondary N) is 2. The Morgan fingerprint density at radius 3 is 2.11 bits per heavy atom. The summed E-state index contributed by atoms with van der Waals surface area (Å²) in [7, 11) is -2.73. The molecule has 0 bridgehead atoms. The van der Waals surface area contributed by atoms with E-state index in [0.29, 0.717) is 0 Å². The van der Waals surface area contributed by atoms with E-state index in [0.717, 1.165) is 4.89 Å². The van der Waals surface area contributed by atoms with Crippen LogP contribution in [0.1, 0.15) is 0 Å². The molecule has 0 aliphatic heterocycles. The van der Waals surface area contributed by atoms with E-state index in [9.17, 15) is 8.42 Å². The van der Waals surface area contributed by atoms with E-state index in [-0.39, 0.29) is 29.6 Å². The summed E-state index contributed by atoms with van der Waals surface area (Å²) in [5.41, 5.74) is 1.85. The average molecular weight is 166 g/mol. The van der Waals surface area contributed by atoms with Crippen LogP contribution in [-0.2, 0) is 14.6 Å². The summed E-state index contributed by atoms with van der Waals surface area (Å²) >= 11 is 0. The second kappa shape index (κ2) is 5.57. The van der Waals surface area contributed by atoms with E-state index in [1.54, 1.807) is 0 Å². The van der Waals surface area contributed by atoms with Crippen LogP contribution >= 0.6 is 0 Å². The molecule has 0 aliphatic rings. The second-order valence-electron chi connectivity index (χ2n) is 0.833. The Labute approximate surface area is 75.0 Å². The number of hydrogen-bond donors (Lipinski definition) is 3. The topological polar surface area (TPSA) is 87.7 Å². The number of hydroxylamine groups is 1. The van der Waals surface area contributed by atoms with Crippen molar-refractivity contribution < 1.29 is 17.9 Å². The molecule has 8 heteroatoms. The first-order valence-electron chi connectivity index (χ1n) is 1.63. The predicted molar refractivity (Wildman–Crippen MR) is 31.1 cm³/mol. The van der Waals surface area contributed by atoms with E-state index < -0.39 is 10.3 Å². The fraction of sp³-hybridized carbons (Fsp3) is 1.00. The molecule has 0 aromatic rings. The van der Waals surface area contributed by atoms with Gasteiger partial charge in [0, 0.05) is 7.05 Å². The van der Waals surface area contributed by atoms with Crippen LogP contribution in [-0.4, -0.2) is 50.2 Å². The zero-order valence-electron chi connectivity index (χ0n) is 4.08. The average Bonchev–Trinajstić information content (AvgIpc) is 1.67. The summed E-state index contributed by atoms with van der Waals surface area (Å²) in [6.07, 6.45) is 0. The van der Waals surface area contributed by atoms with E-state index in [1.165, 1.54) is 7.05 Å². The summed E-state index contributed by atoms with van der Waals surface area (Å²) in [6, 6.07) is 0. The monoisotopic (exact) mass is 166 g/mol. The molecular formula is CH7N2NaO4S. The molecule has 0 aliphatic carbocycles. The Morgan fingerprint density at radius 1 is 1.56 bits per heavy atom. The molecular weight excluding hydrogens is 159 g/mol. The molecule has 0 amide bonds. The van der Waals surface area contributed by atoms with Gasteiger partial charge in [0.1, 0.15) is 0 Å². The van der Waals surface area contributed by atoms with Gasteiger partial charge in [0.15, 0.2) is 0 Å². The number of rotatable bonds is 3. The van der Waals surface area contributed by atoms with Crippen molar-refractivity contribution in [2.45, 2.75) is 0 Å². The molecule has 0 heterocycles. The van der Waals surface area contributed by atoms with Gasteiger partial charge in [-0.1, -0.05) is 4.89 Å². The molecule has 0 rings (SSSR count). The molecule has 0 fully saturated rings. The van der Waals surface area contributed by atoms with Crippen molar-refractivity contribution in [3.05, 3.63) is 0 Å². The third-order valence-corrected chi connectivity index (χ3v) is 0.915. The van der Waals surface area contributed by atoms with Crippen LogP contribution in [0.15, 0.2) is 0 Å². The molecule has 0 aromatic heterocycles. The van der Waals surface area contributed by atoms with Crippen molar-refractivity contribution in [3.63, 3.8) is 0 Å². The quantitative estimate of drug-likeness (QED) is 0.324. The van der Waals surface area contributed by atoms with Crippen LogP contribution in [0.5, 0.6) is 0 Å². The third kappa shape index (κ3) is 6.68. The summed E-state index contributed by atoms with van der Waals surface area (Å²) < 4.78 is 23.6. The van der Waals surface area contributed by atoms with E-state index in [2.05, 4.69) is 4.28 Å². The van der Waals surface area contributed by atoms with Gasteiger partial charge in [-0.3, -0.25) is 0 Å². The van der Waals surface area contributed by atoms with E-state index in [4.69, 9.17) is 5.21 Å². The van der Waals surface area contributed by atoms with Gasteiger partial charge in [-0.25, -0.2) is 0 Å². The van der Waals surface area contributed by atoms with Crippen molar-refractivity contribution in [3.8, 4) is 0 Å². The molecule has 3 N–H and O–H groups in total. The van der Waals surface area contributed by atoms with Crippen LogP contribution in [0.4, 0.5) is 0 Å². The van der Waals surface area contributed by atoms with Gasteiger partial charge in [-0.2, -0.15) is 18.2 Å². The molecule has 0 saturated heterocycles. The van der Waals surface area contributed by atoms with Crippen molar-refractivity contribution in [1.29, 1.82) is 0 Å². The standard InChI is InChI=1S/CH6N2O4S.Na.H/c1-2-7-8(5,6)3-4;;/h2-4H,1H3;;. The third-order valence-electron chi connectivity index (χ3n) is 0.305. The Hall–Kier alpha value is 0.790. The van der Waals surface area contributed by atoms with Gasteiger partial charge in [0.2, 0.25) is 0 Å². The SMILES string of the molecule is CNOS(=O)(=O)NO.[NaH]. The zero-order chi connectivity index (χ0) is 6.62. The molecule has 9 heavy (non-hydrogen) atoms. The van der Waals surface area contributed by atoms with Crippen molar-refractivity contribution in [1.82, 2.24) is 10.4 Å². The van der Waals surface area contributed by atoms with Gasteiger partial charge < -0.3 is 5.21 Å². The van der Waals surface area contributed by atoms with Crippen LogP contribution in [0.3, 0.4) is 0 Å².